The van der Waals surface area contributed by atoms with Crippen LogP contribution in [0.25, 0.3) is 0 Å². The summed E-state index contributed by atoms with van der Waals surface area (Å²) in [6.45, 7) is 7.09. The van der Waals surface area contributed by atoms with Crippen molar-refractivity contribution in [1.29, 1.82) is 0 Å². The maximum absolute atomic E-state index is 10.1. The lowest BCUT2D eigenvalue weighted by molar-refractivity contribution is -0.0000107. The van der Waals surface area contributed by atoms with Crippen LogP contribution in [0.3, 0.4) is 0 Å². The second-order valence-corrected chi connectivity index (χ2v) is 4.81. The third-order valence-electron chi connectivity index (χ3n) is 2.54. The van der Waals surface area contributed by atoms with Crippen molar-refractivity contribution in [3.05, 3.63) is 29.3 Å². The molecule has 0 radical (unpaired) electrons. The first-order valence-electron chi connectivity index (χ1n) is 6.21. The van der Waals surface area contributed by atoms with Gasteiger partial charge in [0.05, 0.1) is 26.4 Å². The molecule has 0 aromatic heterocycles. The zero-order valence-electron chi connectivity index (χ0n) is 11.6. The highest BCUT2D eigenvalue weighted by molar-refractivity contribution is 5.38. The second-order valence-electron chi connectivity index (χ2n) is 4.81. The van der Waals surface area contributed by atoms with E-state index in [1.54, 1.807) is 7.11 Å². The van der Waals surface area contributed by atoms with Crippen LogP contribution in [0, 0.1) is 12.8 Å². The average Bonchev–Trinajstić information content (AvgIpc) is 2.34. The van der Waals surface area contributed by atoms with Gasteiger partial charge < -0.3 is 14.7 Å². The molecule has 0 amide bonds. The van der Waals surface area contributed by atoms with Crippen LogP contribution in [0.5, 0.6) is 5.75 Å². The molecule has 0 saturated heterocycles. The Bertz CT molecular complexity index is 366. The summed E-state index contributed by atoms with van der Waals surface area (Å²) >= 11 is 0. The number of aryl methyl sites for hydroxylation is 1. The summed E-state index contributed by atoms with van der Waals surface area (Å²) in [6.07, 6.45) is -0.646. The Morgan fingerprint density at radius 2 is 2.06 bits per heavy atom. The highest BCUT2D eigenvalue weighted by atomic mass is 16.6. The minimum Gasteiger partial charge on any atom is -0.496 e. The monoisotopic (exact) mass is 253 g/mol. The van der Waals surface area contributed by atoms with E-state index in [2.05, 4.69) is 19.3 Å². The topological polar surface area (TPSA) is 50.7 Å². The predicted molar refractivity (Wildman–Crippen MR) is 71.5 cm³/mol. The Kier molecular flexibility index (Phi) is 6.12. The van der Waals surface area contributed by atoms with Crippen LogP contribution < -0.4 is 10.2 Å². The number of benzene rings is 1. The lowest BCUT2D eigenvalue weighted by Gasteiger charge is -2.16. The van der Waals surface area contributed by atoms with Crippen molar-refractivity contribution in [2.75, 3.05) is 20.3 Å². The van der Waals surface area contributed by atoms with Gasteiger partial charge in [-0.2, -0.15) is 5.48 Å². The van der Waals surface area contributed by atoms with Crippen molar-refractivity contribution in [2.24, 2.45) is 5.92 Å². The van der Waals surface area contributed by atoms with E-state index < -0.39 is 6.10 Å². The SMILES string of the molecule is COc1ccc(C)cc1C(O)CNOCC(C)C. The lowest BCUT2D eigenvalue weighted by Crippen LogP contribution is -2.24. The van der Waals surface area contributed by atoms with Gasteiger partial charge in [-0.15, -0.1) is 0 Å². The van der Waals surface area contributed by atoms with E-state index in [9.17, 15) is 5.11 Å². The van der Waals surface area contributed by atoms with Gasteiger partial charge >= 0.3 is 0 Å². The number of aliphatic hydroxyl groups excluding tert-OH is 1. The van der Waals surface area contributed by atoms with E-state index in [4.69, 9.17) is 9.57 Å². The minimum atomic E-state index is -0.646. The van der Waals surface area contributed by atoms with Gasteiger partial charge in [0.2, 0.25) is 0 Å². The smallest absolute Gasteiger partial charge is 0.124 e. The predicted octanol–water partition coefficient (Wildman–Crippen LogP) is 2.21. The zero-order chi connectivity index (χ0) is 13.5. The Labute approximate surface area is 109 Å². The van der Waals surface area contributed by atoms with E-state index in [0.29, 0.717) is 24.8 Å². The molecule has 0 heterocycles. The van der Waals surface area contributed by atoms with Crippen LogP contribution in [0.2, 0.25) is 0 Å². The van der Waals surface area contributed by atoms with Crippen molar-refractivity contribution in [1.82, 2.24) is 5.48 Å². The van der Waals surface area contributed by atoms with Gasteiger partial charge in [-0.3, -0.25) is 0 Å². The summed E-state index contributed by atoms with van der Waals surface area (Å²) < 4.78 is 5.24. The molecule has 4 nitrogen and oxygen atoms in total. The first-order valence-corrected chi connectivity index (χ1v) is 6.21. The Morgan fingerprint density at radius 3 is 2.67 bits per heavy atom. The summed E-state index contributed by atoms with van der Waals surface area (Å²) in [5, 5.41) is 10.1. The van der Waals surface area contributed by atoms with Gasteiger partial charge in [0.15, 0.2) is 0 Å². The van der Waals surface area contributed by atoms with Crippen molar-refractivity contribution in [3.63, 3.8) is 0 Å². The van der Waals surface area contributed by atoms with Crippen molar-refractivity contribution < 1.29 is 14.7 Å². The van der Waals surface area contributed by atoms with Crippen molar-refractivity contribution in [2.45, 2.75) is 26.9 Å². The van der Waals surface area contributed by atoms with E-state index >= 15 is 0 Å². The van der Waals surface area contributed by atoms with E-state index in [1.165, 1.54) is 0 Å². The van der Waals surface area contributed by atoms with Crippen LogP contribution in [0.4, 0.5) is 0 Å². The number of hydrogen-bond acceptors (Lipinski definition) is 4. The Hall–Kier alpha value is -1.10. The quantitative estimate of drug-likeness (QED) is 0.578. The second kappa shape index (κ2) is 7.36. The third-order valence-corrected chi connectivity index (χ3v) is 2.54. The molecule has 102 valence electrons. The number of rotatable bonds is 7. The largest absolute Gasteiger partial charge is 0.496 e. The molecule has 0 aliphatic heterocycles. The number of ether oxygens (including phenoxy) is 1. The summed E-state index contributed by atoms with van der Waals surface area (Å²) in [7, 11) is 1.60. The molecule has 0 spiro atoms. The fourth-order valence-corrected chi connectivity index (χ4v) is 1.59. The summed E-state index contributed by atoms with van der Waals surface area (Å²) in [6, 6.07) is 5.74. The maximum Gasteiger partial charge on any atom is 0.124 e. The van der Waals surface area contributed by atoms with Crippen molar-refractivity contribution >= 4 is 0 Å². The van der Waals surface area contributed by atoms with E-state index in [0.717, 1.165) is 11.1 Å². The number of hydroxylamine groups is 1. The summed E-state index contributed by atoms with van der Waals surface area (Å²) in [5.41, 5.74) is 4.65. The van der Waals surface area contributed by atoms with Gasteiger partial charge in [-0.05, 0) is 25.0 Å². The molecule has 18 heavy (non-hydrogen) atoms. The first-order chi connectivity index (χ1) is 8.54. The van der Waals surface area contributed by atoms with Crippen LogP contribution >= 0.6 is 0 Å². The molecule has 0 aliphatic rings. The molecule has 0 bridgehead atoms. The van der Waals surface area contributed by atoms with Crippen LogP contribution in [0.15, 0.2) is 18.2 Å². The summed E-state index contributed by atoms with van der Waals surface area (Å²) in [5.74, 6) is 1.15. The normalized spacial score (nSPS) is 12.8. The fraction of sp³-hybridized carbons (Fsp3) is 0.571. The van der Waals surface area contributed by atoms with Gasteiger partial charge in [-0.25, -0.2) is 0 Å². The fourth-order valence-electron chi connectivity index (χ4n) is 1.59. The molecule has 1 atom stereocenters. The van der Waals surface area contributed by atoms with Gasteiger partial charge in [0, 0.05) is 5.56 Å². The van der Waals surface area contributed by atoms with Crippen LogP contribution in [0.1, 0.15) is 31.1 Å². The van der Waals surface area contributed by atoms with Gasteiger partial charge in [-0.1, -0.05) is 25.5 Å². The van der Waals surface area contributed by atoms with Crippen LogP contribution in [-0.2, 0) is 4.84 Å². The molecule has 0 saturated carbocycles. The third kappa shape index (κ3) is 4.64. The zero-order valence-corrected chi connectivity index (χ0v) is 11.6. The molecule has 1 aromatic rings. The number of nitrogens with one attached hydrogen (secondary N) is 1. The lowest BCUT2D eigenvalue weighted by atomic mass is 10.1. The van der Waals surface area contributed by atoms with Gasteiger partial charge in [0.1, 0.15) is 5.75 Å². The maximum atomic E-state index is 10.1. The van der Waals surface area contributed by atoms with E-state index in [1.807, 2.05) is 25.1 Å². The highest BCUT2D eigenvalue weighted by Crippen LogP contribution is 2.25. The van der Waals surface area contributed by atoms with E-state index in [-0.39, 0.29) is 0 Å². The molecule has 0 fully saturated rings. The molecular formula is C14H23NO3. The van der Waals surface area contributed by atoms with Crippen LogP contribution in [-0.4, -0.2) is 25.4 Å². The Balaban J connectivity index is 2.55. The number of methoxy groups -OCH3 is 1. The number of aliphatic hydroxyl groups is 1. The summed E-state index contributed by atoms with van der Waals surface area (Å²) in [4.78, 5) is 5.24. The first kappa shape index (κ1) is 15.0. The Morgan fingerprint density at radius 1 is 1.33 bits per heavy atom. The van der Waals surface area contributed by atoms with Crippen molar-refractivity contribution in [3.8, 4) is 5.75 Å². The number of hydrogen-bond donors (Lipinski definition) is 2. The molecule has 0 aliphatic carbocycles. The molecule has 1 rings (SSSR count). The molecule has 2 N–H and O–H groups in total. The molecular weight excluding hydrogens is 230 g/mol. The highest BCUT2D eigenvalue weighted by Gasteiger charge is 2.13. The molecule has 1 aromatic carbocycles. The standard InChI is InChI=1S/C14H23NO3/c1-10(2)9-18-15-8-13(16)12-7-11(3)5-6-14(12)17-4/h5-7,10,13,15-16H,8-9H2,1-4H3. The molecule has 1 unspecified atom stereocenters. The minimum absolute atomic E-state index is 0.340. The molecule has 4 heteroatoms. The van der Waals surface area contributed by atoms with Gasteiger partial charge in [0.25, 0.3) is 0 Å². The average molecular weight is 253 g/mol.